The molecule has 1 aromatic carbocycles. The van der Waals surface area contributed by atoms with Crippen molar-refractivity contribution >= 4 is 38.9 Å². The molecule has 0 aliphatic rings. The zero-order chi connectivity index (χ0) is 15.1. The highest BCUT2D eigenvalue weighted by Gasteiger charge is 2.09. The highest BCUT2D eigenvalue weighted by Crippen LogP contribution is 2.28. The summed E-state index contributed by atoms with van der Waals surface area (Å²) in [7, 11) is 0. The van der Waals surface area contributed by atoms with E-state index in [1.165, 1.54) is 0 Å². The molecule has 4 nitrogen and oxygen atoms in total. The lowest BCUT2D eigenvalue weighted by atomic mass is 10.1. The Labute approximate surface area is 132 Å². The number of thiophene rings is 1. The highest BCUT2D eigenvalue weighted by molar-refractivity contribution is 7.17. The van der Waals surface area contributed by atoms with Gasteiger partial charge in [0.15, 0.2) is 0 Å². The van der Waals surface area contributed by atoms with E-state index in [4.69, 9.17) is 21.4 Å². The molecule has 6 heteroatoms. The summed E-state index contributed by atoms with van der Waals surface area (Å²) in [5.74, 6) is -0.00293. The van der Waals surface area contributed by atoms with E-state index in [2.05, 4.69) is 5.32 Å². The molecule has 0 saturated heterocycles. The van der Waals surface area contributed by atoms with Crippen LogP contribution in [0.2, 0.25) is 5.02 Å². The predicted octanol–water partition coefficient (Wildman–Crippen LogP) is 2.61. The van der Waals surface area contributed by atoms with Crippen molar-refractivity contribution in [3.8, 4) is 0 Å². The van der Waals surface area contributed by atoms with Crippen LogP contribution in [-0.4, -0.2) is 37.4 Å². The molecule has 0 bridgehead atoms. The molecule has 0 aliphatic heterocycles. The summed E-state index contributed by atoms with van der Waals surface area (Å²) in [6, 6.07) is 5.73. The molecule has 0 fully saturated rings. The average Bonchev–Trinajstić information content (AvgIpc) is 2.85. The first-order valence-electron chi connectivity index (χ1n) is 6.81. The fourth-order valence-electron chi connectivity index (χ4n) is 2.00. The van der Waals surface area contributed by atoms with Crippen LogP contribution in [0.1, 0.15) is 12.0 Å². The fraction of sp³-hybridized carbons (Fsp3) is 0.400. The summed E-state index contributed by atoms with van der Waals surface area (Å²) in [6.45, 7) is 1.49. The lowest BCUT2D eigenvalue weighted by Gasteiger charge is -2.05. The lowest BCUT2D eigenvalue weighted by Crippen LogP contribution is -2.26. The number of aliphatic hydroxyl groups excluding tert-OH is 1. The van der Waals surface area contributed by atoms with Gasteiger partial charge in [0.1, 0.15) is 0 Å². The Hall–Kier alpha value is -1.14. The first-order chi connectivity index (χ1) is 10.2. The first kappa shape index (κ1) is 16.2. The van der Waals surface area contributed by atoms with E-state index in [9.17, 15) is 4.79 Å². The number of benzene rings is 1. The second kappa shape index (κ2) is 8.34. The zero-order valence-corrected chi connectivity index (χ0v) is 13.2. The minimum Gasteiger partial charge on any atom is -0.394 e. The van der Waals surface area contributed by atoms with Gasteiger partial charge in [0.05, 0.1) is 19.6 Å². The maximum Gasteiger partial charge on any atom is 0.224 e. The van der Waals surface area contributed by atoms with Crippen LogP contribution in [0.4, 0.5) is 0 Å². The molecule has 1 heterocycles. The number of hydrogen-bond donors (Lipinski definition) is 2. The maximum absolute atomic E-state index is 11.9. The molecular weight excluding hydrogens is 310 g/mol. The number of carbonyl (C=O) groups is 1. The fourth-order valence-corrected chi connectivity index (χ4v) is 3.11. The molecule has 2 rings (SSSR count). The molecule has 114 valence electrons. The third kappa shape index (κ3) is 4.97. The Bertz CT molecular complexity index is 600. The molecule has 0 saturated carbocycles. The van der Waals surface area contributed by atoms with E-state index < -0.39 is 0 Å². The normalized spacial score (nSPS) is 11.0. The van der Waals surface area contributed by atoms with E-state index in [1.807, 2.05) is 23.6 Å². The van der Waals surface area contributed by atoms with Crippen molar-refractivity contribution in [3.05, 3.63) is 34.2 Å². The monoisotopic (exact) mass is 327 g/mol. The van der Waals surface area contributed by atoms with Gasteiger partial charge in [-0.3, -0.25) is 4.79 Å². The lowest BCUT2D eigenvalue weighted by molar-refractivity contribution is -0.120. The van der Waals surface area contributed by atoms with Gasteiger partial charge in [-0.25, -0.2) is 0 Å². The van der Waals surface area contributed by atoms with Gasteiger partial charge in [-0.2, -0.15) is 0 Å². The minimum absolute atomic E-state index is 0.00293. The molecular formula is C15H18ClNO3S. The zero-order valence-electron chi connectivity index (χ0n) is 11.6. The van der Waals surface area contributed by atoms with Crippen LogP contribution in [0, 0.1) is 0 Å². The summed E-state index contributed by atoms with van der Waals surface area (Å²) >= 11 is 7.62. The second-order valence-electron chi connectivity index (χ2n) is 4.62. The van der Waals surface area contributed by atoms with E-state index in [1.54, 1.807) is 11.3 Å². The number of halogens is 1. The number of ether oxygens (including phenoxy) is 1. The van der Waals surface area contributed by atoms with Crippen molar-refractivity contribution < 1.29 is 14.6 Å². The molecule has 21 heavy (non-hydrogen) atoms. The summed E-state index contributed by atoms with van der Waals surface area (Å²) in [6.07, 6.45) is 1.10. The van der Waals surface area contributed by atoms with Crippen molar-refractivity contribution in [1.29, 1.82) is 0 Å². The van der Waals surface area contributed by atoms with Gasteiger partial charge in [0, 0.05) is 22.9 Å². The van der Waals surface area contributed by atoms with Gasteiger partial charge in [0.25, 0.3) is 0 Å². The topological polar surface area (TPSA) is 58.6 Å². The van der Waals surface area contributed by atoms with Gasteiger partial charge < -0.3 is 15.2 Å². The maximum atomic E-state index is 11.9. The summed E-state index contributed by atoms with van der Waals surface area (Å²) in [5, 5.41) is 15.2. The van der Waals surface area contributed by atoms with E-state index in [0.717, 1.165) is 22.1 Å². The van der Waals surface area contributed by atoms with Gasteiger partial charge in [-0.15, -0.1) is 11.3 Å². The molecule has 2 aromatic rings. The first-order valence-corrected chi connectivity index (χ1v) is 8.07. The minimum atomic E-state index is -0.00293. The van der Waals surface area contributed by atoms with Crippen LogP contribution in [0.5, 0.6) is 0 Å². The van der Waals surface area contributed by atoms with Crippen molar-refractivity contribution in [1.82, 2.24) is 5.32 Å². The number of nitrogens with one attached hydrogen (secondary N) is 1. The van der Waals surface area contributed by atoms with Gasteiger partial charge in [-0.05, 0) is 40.9 Å². The van der Waals surface area contributed by atoms with Crippen LogP contribution in [0.25, 0.3) is 10.1 Å². The number of carbonyl (C=O) groups excluding carboxylic acids is 1. The molecule has 1 aromatic heterocycles. The van der Waals surface area contributed by atoms with Gasteiger partial charge in [0.2, 0.25) is 5.91 Å². The highest BCUT2D eigenvalue weighted by atomic mass is 35.5. The molecule has 1 amide bonds. The van der Waals surface area contributed by atoms with E-state index >= 15 is 0 Å². The Morgan fingerprint density at radius 2 is 2.24 bits per heavy atom. The standard InChI is InChI=1S/C15H18ClNO3S/c16-12-2-3-14-13(9-12)11(10-21-14)8-15(19)17-4-1-6-20-7-5-18/h2-3,9-10,18H,1,4-8H2,(H,17,19). The van der Waals surface area contributed by atoms with Crippen molar-refractivity contribution in [2.75, 3.05) is 26.4 Å². The summed E-state index contributed by atoms with van der Waals surface area (Å²) in [4.78, 5) is 11.9. The van der Waals surface area contributed by atoms with Crippen molar-refractivity contribution in [2.45, 2.75) is 12.8 Å². The molecule has 0 spiro atoms. The Morgan fingerprint density at radius 3 is 3.05 bits per heavy atom. The summed E-state index contributed by atoms with van der Waals surface area (Å²) < 4.78 is 6.27. The Balaban J connectivity index is 1.80. The number of hydrogen-bond acceptors (Lipinski definition) is 4. The summed E-state index contributed by atoms with van der Waals surface area (Å²) in [5.41, 5.74) is 1.01. The molecule has 0 radical (unpaired) electrons. The van der Waals surface area contributed by atoms with Crippen LogP contribution in [-0.2, 0) is 16.0 Å². The third-order valence-electron chi connectivity index (χ3n) is 2.99. The predicted molar refractivity (Wildman–Crippen MR) is 86.1 cm³/mol. The average molecular weight is 328 g/mol. The van der Waals surface area contributed by atoms with Gasteiger partial charge in [-0.1, -0.05) is 11.6 Å². The number of amides is 1. The Morgan fingerprint density at radius 1 is 1.38 bits per heavy atom. The van der Waals surface area contributed by atoms with Crippen LogP contribution in [0.3, 0.4) is 0 Å². The number of rotatable bonds is 8. The van der Waals surface area contributed by atoms with Crippen LogP contribution < -0.4 is 5.32 Å². The second-order valence-corrected chi connectivity index (χ2v) is 5.97. The molecule has 0 unspecified atom stereocenters. The largest absolute Gasteiger partial charge is 0.394 e. The van der Waals surface area contributed by atoms with E-state index in [-0.39, 0.29) is 12.5 Å². The SMILES string of the molecule is O=C(Cc1csc2ccc(Cl)cc12)NCCCOCCO. The third-order valence-corrected chi connectivity index (χ3v) is 4.24. The Kier molecular flexibility index (Phi) is 6.45. The van der Waals surface area contributed by atoms with E-state index in [0.29, 0.717) is 31.2 Å². The van der Waals surface area contributed by atoms with Crippen molar-refractivity contribution in [3.63, 3.8) is 0 Å². The quantitative estimate of drug-likeness (QED) is 0.733. The number of fused-ring (bicyclic) bond motifs is 1. The number of aliphatic hydroxyl groups is 1. The molecule has 0 atom stereocenters. The smallest absolute Gasteiger partial charge is 0.224 e. The van der Waals surface area contributed by atoms with Gasteiger partial charge >= 0.3 is 0 Å². The molecule has 2 N–H and O–H groups in total. The van der Waals surface area contributed by atoms with Crippen LogP contribution in [0.15, 0.2) is 23.6 Å². The molecule has 0 aliphatic carbocycles. The van der Waals surface area contributed by atoms with Crippen molar-refractivity contribution in [2.24, 2.45) is 0 Å². The van der Waals surface area contributed by atoms with Crippen LogP contribution >= 0.6 is 22.9 Å².